The fourth-order valence-corrected chi connectivity index (χ4v) is 2.77. The van der Waals surface area contributed by atoms with Crippen LogP contribution in [-0.2, 0) is 22.4 Å². The Morgan fingerprint density at radius 1 is 1.29 bits per heavy atom. The molecule has 0 aliphatic heterocycles. The number of methoxy groups -OCH3 is 1. The van der Waals surface area contributed by atoms with Gasteiger partial charge in [-0.1, -0.05) is 18.2 Å². The molecule has 2 rings (SSSR count). The van der Waals surface area contributed by atoms with Crippen LogP contribution in [-0.4, -0.2) is 32.7 Å². The third kappa shape index (κ3) is 4.83. The molecule has 0 spiro atoms. The summed E-state index contributed by atoms with van der Waals surface area (Å²) in [6.07, 6.45) is 4.94. The average Bonchev–Trinajstić information content (AvgIpc) is 2.51. The van der Waals surface area contributed by atoms with E-state index in [1.807, 2.05) is 6.92 Å². The first-order valence-corrected chi connectivity index (χ1v) is 7.81. The van der Waals surface area contributed by atoms with Crippen LogP contribution in [0.1, 0.15) is 42.5 Å². The number of amides is 1. The maximum absolute atomic E-state index is 11.9. The molecule has 0 aromatic heterocycles. The van der Waals surface area contributed by atoms with Gasteiger partial charge in [-0.25, -0.2) is 0 Å². The van der Waals surface area contributed by atoms with Crippen molar-refractivity contribution < 1.29 is 9.53 Å². The van der Waals surface area contributed by atoms with Crippen LogP contribution in [0.5, 0.6) is 0 Å². The lowest BCUT2D eigenvalue weighted by Gasteiger charge is -2.20. The summed E-state index contributed by atoms with van der Waals surface area (Å²) in [4.78, 5) is 11.9. The van der Waals surface area contributed by atoms with Crippen molar-refractivity contribution in [1.82, 2.24) is 10.6 Å². The fourth-order valence-electron chi connectivity index (χ4n) is 2.77. The minimum absolute atomic E-state index is 0.0244. The maximum atomic E-state index is 11.9. The van der Waals surface area contributed by atoms with E-state index in [-0.39, 0.29) is 11.9 Å². The van der Waals surface area contributed by atoms with E-state index in [0.29, 0.717) is 19.7 Å². The van der Waals surface area contributed by atoms with E-state index >= 15 is 0 Å². The van der Waals surface area contributed by atoms with Gasteiger partial charge in [-0.2, -0.15) is 0 Å². The van der Waals surface area contributed by atoms with Gasteiger partial charge in [-0.05, 0) is 49.3 Å². The Balaban J connectivity index is 1.85. The van der Waals surface area contributed by atoms with Crippen LogP contribution >= 0.6 is 0 Å². The Morgan fingerprint density at radius 3 is 2.81 bits per heavy atom. The average molecular weight is 290 g/mol. The first-order valence-electron chi connectivity index (χ1n) is 7.81. The summed E-state index contributed by atoms with van der Waals surface area (Å²) in [5.41, 5.74) is 4.13. The molecule has 1 amide bonds. The van der Waals surface area contributed by atoms with Gasteiger partial charge in [-0.3, -0.25) is 4.79 Å². The molecule has 0 bridgehead atoms. The maximum Gasteiger partial charge on any atom is 0.234 e. The second kappa shape index (κ2) is 8.15. The third-order valence-electron chi connectivity index (χ3n) is 4.02. The highest BCUT2D eigenvalue weighted by atomic mass is 16.5. The number of ether oxygens (including phenoxy) is 1. The number of carbonyl (C=O) groups is 1. The van der Waals surface area contributed by atoms with Crippen molar-refractivity contribution in [2.75, 3.05) is 26.8 Å². The second-order valence-corrected chi connectivity index (χ2v) is 5.69. The highest BCUT2D eigenvalue weighted by molar-refractivity contribution is 5.78. The van der Waals surface area contributed by atoms with Crippen molar-refractivity contribution >= 4 is 5.91 Å². The molecule has 21 heavy (non-hydrogen) atoms. The molecule has 1 aliphatic carbocycles. The number of hydrogen-bond donors (Lipinski definition) is 2. The Labute approximate surface area is 127 Å². The minimum Gasteiger partial charge on any atom is -0.383 e. The van der Waals surface area contributed by atoms with Gasteiger partial charge in [0.1, 0.15) is 0 Å². The molecule has 4 nitrogen and oxygen atoms in total. The van der Waals surface area contributed by atoms with Crippen LogP contribution < -0.4 is 10.6 Å². The first-order chi connectivity index (χ1) is 10.2. The molecule has 0 radical (unpaired) electrons. The Kier molecular flexibility index (Phi) is 6.21. The molecule has 116 valence electrons. The molecule has 1 aromatic carbocycles. The second-order valence-electron chi connectivity index (χ2n) is 5.69. The minimum atomic E-state index is 0.0244. The largest absolute Gasteiger partial charge is 0.383 e. The fraction of sp³-hybridized carbons (Fsp3) is 0.588. The summed E-state index contributed by atoms with van der Waals surface area (Å²) in [6.45, 7) is 3.68. The van der Waals surface area contributed by atoms with Crippen molar-refractivity contribution in [1.29, 1.82) is 0 Å². The molecule has 0 heterocycles. The van der Waals surface area contributed by atoms with Gasteiger partial charge < -0.3 is 15.4 Å². The predicted molar refractivity (Wildman–Crippen MR) is 84.4 cm³/mol. The molecule has 2 N–H and O–H groups in total. The van der Waals surface area contributed by atoms with Gasteiger partial charge in [0.25, 0.3) is 0 Å². The van der Waals surface area contributed by atoms with Crippen LogP contribution in [0, 0.1) is 0 Å². The van der Waals surface area contributed by atoms with Gasteiger partial charge in [0.05, 0.1) is 19.2 Å². The zero-order chi connectivity index (χ0) is 15.1. The van der Waals surface area contributed by atoms with Crippen molar-refractivity contribution in [2.45, 2.75) is 38.6 Å². The van der Waals surface area contributed by atoms with Gasteiger partial charge in [0.2, 0.25) is 5.91 Å². The smallest absolute Gasteiger partial charge is 0.234 e. The number of benzene rings is 1. The number of rotatable bonds is 7. The van der Waals surface area contributed by atoms with Crippen LogP contribution in [0.15, 0.2) is 18.2 Å². The molecule has 1 aromatic rings. The van der Waals surface area contributed by atoms with Gasteiger partial charge in [0, 0.05) is 13.7 Å². The van der Waals surface area contributed by atoms with E-state index in [1.165, 1.54) is 42.4 Å². The van der Waals surface area contributed by atoms with Gasteiger partial charge in [-0.15, -0.1) is 0 Å². The molecule has 1 atom stereocenters. The normalized spacial score (nSPS) is 15.3. The third-order valence-corrected chi connectivity index (χ3v) is 4.02. The quantitative estimate of drug-likeness (QED) is 0.755. The summed E-state index contributed by atoms with van der Waals surface area (Å²) < 4.78 is 4.93. The van der Waals surface area contributed by atoms with E-state index in [1.54, 1.807) is 7.11 Å². The SMILES string of the molecule is COCCNCC(=O)NC(C)c1ccc2c(c1)CCCC2. The van der Waals surface area contributed by atoms with Crippen LogP contribution in [0.4, 0.5) is 0 Å². The summed E-state index contributed by atoms with van der Waals surface area (Å²) in [6, 6.07) is 6.68. The van der Waals surface area contributed by atoms with E-state index in [2.05, 4.69) is 28.8 Å². The molecule has 4 heteroatoms. The van der Waals surface area contributed by atoms with E-state index in [0.717, 1.165) is 0 Å². The van der Waals surface area contributed by atoms with Crippen molar-refractivity contribution in [2.24, 2.45) is 0 Å². The zero-order valence-electron chi connectivity index (χ0n) is 13.1. The van der Waals surface area contributed by atoms with Crippen LogP contribution in [0.2, 0.25) is 0 Å². The number of fused-ring (bicyclic) bond motifs is 1. The Bertz CT molecular complexity index is 474. The van der Waals surface area contributed by atoms with Gasteiger partial charge >= 0.3 is 0 Å². The monoisotopic (exact) mass is 290 g/mol. The lowest BCUT2D eigenvalue weighted by molar-refractivity contribution is -0.120. The molecule has 1 aliphatic rings. The first kappa shape index (κ1) is 16.0. The molecule has 0 saturated heterocycles. The van der Waals surface area contributed by atoms with E-state index < -0.39 is 0 Å². The topological polar surface area (TPSA) is 50.4 Å². The van der Waals surface area contributed by atoms with Crippen LogP contribution in [0.3, 0.4) is 0 Å². The van der Waals surface area contributed by atoms with Crippen molar-refractivity contribution in [3.8, 4) is 0 Å². The van der Waals surface area contributed by atoms with E-state index in [4.69, 9.17) is 4.74 Å². The van der Waals surface area contributed by atoms with Crippen molar-refractivity contribution in [3.05, 3.63) is 34.9 Å². The lowest BCUT2D eigenvalue weighted by Crippen LogP contribution is -2.36. The number of hydrogen-bond acceptors (Lipinski definition) is 3. The molecule has 0 saturated carbocycles. The Hall–Kier alpha value is -1.39. The highest BCUT2D eigenvalue weighted by Gasteiger charge is 2.13. The number of aryl methyl sites for hydroxylation is 2. The van der Waals surface area contributed by atoms with Gasteiger partial charge in [0.15, 0.2) is 0 Å². The molecule has 1 unspecified atom stereocenters. The lowest BCUT2D eigenvalue weighted by atomic mass is 9.89. The van der Waals surface area contributed by atoms with Crippen LogP contribution in [0.25, 0.3) is 0 Å². The summed E-state index contributed by atoms with van der Waals surface area (Å²) >= 11 is 0. The summed E-state index contributed by atoms with van der Waals surface area (Å²) in [5.74, 6) is 0.0244. The molecule has 0 fully saturated rings. The highest BCUT2D eigenvalue weighted by Crippen LogP contribution is 2.24. The predicted octanol–water partition coefficient (Wildman–Crippen LogP) is 1.98. The summed E-state index contributed by atoms with van der Waals surface area (Å²) in [7, 11) is 1.65. The standard InChI is InChI=1S/C17H26N2O2/c1-13(19-17(20)12-18-9-10-21-2)15-8-7-14-5-3-4-6-16(14)11-15/h7-8,11,13,18H,3-6,9-10,12H2,1-2H3,(H,19,20). The molecular weight excluding hydrogens is 264 g/mol. The number of nitrogens with one attached hydrogen (secondary N) is 2. The van der Waals surface area contributed by atoms with E-state index in [9.17, 15) is 4.79 Å². The summed E-state index contributed by atoms with van der Waals surface area (Å²) in [5, 5.41) is 6.09. The number of carbonyl (C=O) groups excluding carboxylic acids is 1. The Morgan fingerprint density at radius 2 is 2.05 bits per heavy atom. The van der Waals surface area contributed by atoms with Crippen molar-refractivity contribution in [3.63, 3.8) is 0 Å². The molecular formula is C17H26N2O2. The zero-order valence-corrected chi connectivity index (χ0v) is 13.1.